The van der Waals surface area contributed by atoms with E-state index >= 15 is 0 Å². The van der Waals surface area contributed by atoms with Crippen LogP contribution in [-0.2, 0) is 6.42 Å². The molecular formula is C20H23NO3. The number of nitrogens with two attached hydrogens (primary N) is 1. The molecule has 4 heteroatoms. The van der Waals surface area contributed by atoms with Gasteiger partial charge < -0.3 is 19.9 Å². The molecule has 0 saturated carbocycles. The van der Waals surface area contributed by atoms with Crippen LogP contribution in [0.4, 0.5) is 5.69 Å². The Balaban J connectivity index is 2.14. The maximum Gasteiger partial charge on any atom is 0.163 e. The zero-order chi connectivity index (χ0) is 17.3. The van der Waals surface area contributed by atoms with Crippen LogP contribution in [0.5, 0.6) is 17.2 Å². The maximum atomic E-state index is 6.29. The molecule has 0 fully saturated rings. The number of nitrogen functional groups attached to an aromatic ring is 1. The first-order valence-corrected chi connectivity index (χ1v) is 7.99. The summed E-state index contributed by atoms with van der Waals surface area (Å²) in [7, 11) is 4.97. The van der Waals surface area contributed by atoms with Crippen molar-refractivity contribution in [2.45, 2.75) is 19.8 Å². The van der Waals surface area contributed by atoms with Gasteiger partial charge in [0.15, 0.2) is 11.5 Å². The van der Waals surface area contributed by atoms with Gasteiger partial charge in [0.1, 0.15) is 5.75 Å². The van der Waals surface area contributed by atoms with Gasteiger partial charge in [-0.2, -0.15) is 0 Å². The van der Waals surface area contributed by atoms with Crippen LogP contribution in [0.25, 0.3) is 5.57 Å². The average Bonchev–Trinajstić information content (AvgIpc) is 2.61. The normalized spacial score (nSPS) is 13.1. The summed E-state index contributed by atoms with van der Waals surface area (Å²) >= 11 is 0. The molecular weight excluding hydrogens is 302 g/mol. The predicted octanol–water partition coefficient (Wildman–Crippen LogP) is 3.98. The highest BCUT2D eigenvalue weighted by atomic mass is 16.5. The third-order valence-corrected chi connectivity index (χ3v) is 4.55. The summed E-state index contributed by atoms with van der Waals surface area (Å²) in [5.74, 6) is 2.24. The molecule has 1 aliphatic rings. The highest BCUT2D eigenvalue weighted by Gasteiger charge is 2.20. The first-order valence-electron chi connectivity index (χ1n) is 7.99. The molecule has 3 rings (SSSR count). The number of fused-ring (bicyclic) bond motifs is 1. The number of aryl methyl sites for hydroxylation is 1. The Morgan fingerprint density at radius 1 is 0.958 bits per heavy atom. The Bertz CT molecular complexity index is 809. The van der Waals surface area contributed by atoms with Gasteiger partial charge >= 0.3 is 0 Å². The molecule has 0 aliphatic heterocycles. The van der Waals surface area contributed by atoms with Crippen LogP contribution in [0.15, 0.2) is 30.3 Å². The second kappa shape index (κ2) is 6.48. The van der Waals surface area contributed by atoms with Gasteiger partial charge in [-0.05, 0) is 65.8 Å². The fourth-order valence-corrected chi connectivity index (χ4v) is 3.40. The van der Waals surface area contributed by atoms with Gasteiger partial charge in [-0.3, -0.25) is 0 Å². The van der Waals surface area contributed by atoms with Gasteiger partial charge in [0.05, 0.1) is 27.0 Å². The predicted molar refractivity (Wildman–Crippen MR) is 97.1 cm³/mol. The summed E-state index contributed by atoms with van der Waals surface area (Å²) < 4.78 is 16.3. The molecule has 0 saturated heterocycles. The standard InChI is InChI=1S/C20H23NO3/c1-12-10-13(11-18(23-3)20(12)24-4)14-6-5-7-16-15(14)8-9-17(22-2)19(16)21/h6,8-11H,5,7,21H2,1-4H3. The topological polar surface area (TPSA) is 53.7 Å². The summed E-state index contributed by atoms with van der Waals surface area (Å²) in [4.78, 5) is 0. The van der Waals surface area contributed by atoms with Crippen LogP contribution in [0.1, 0.15) is 28.7 Å². The SMILES string of the molecule is COc1ccc2c(c1N)CCC=C2c1cc(C)c(OC)c(OC)c1. The molecule has 0 atom stereocenters. The van der Waals surface area contributed by atoms with Gasteiger partial charge in [0.2, 0.25) is 0 Å². The molecule has 4 nitrogen and oxygen atoms in total. The Morgan fingerprint density at radius 3 is 2.38 bits per heavy atom. The van der Waals surface area contributed by atoms with Crippen LogP contribution in [0.2, 0.25) is 0 Å². The zero-order valence-electron chi connectivity index (χ0n) is 14.6. The summed E-state index contributed by atoms with van der Waals surface area (Å²) in [5, 5.41) is 0. The van der Waals surface area contributed by atoms with Crippen molar-refractivity contribution >= 4 is 11.3 Å². The van der Waals surface area contributed by atoms with E-state index in [1.54, 1.807) is 21.3 Å². The van der Waals surface area contributed by atoms with Crippen molar-refractivity contribution < 1.29 is 14.2 Å². The van der Waals surface area contributed by atoms with Crippen LogP contribution < -0.4 is 19.9 Å². The number of benzene rings is 2. The Labute approximate surface area is 142 Å². The van der Waals surface area contributed by atoms with Gasteiger partial charge in [0, 0.05) is 0 Å². The third kappa shape index (κ3) is 2.58. The van der Waals surface area contributed by atoms with Crippen LogP contribution in [0, 0.1) is 6.92 Å². The van der Waals surface area contributed by atoms with E-state index in [1.165, 1.54) is 5.57 Å². The molecule has 0 bridgehead atoms. The third-order valence-electron chi connectivity index (χ3n) is 4.55. The molecule has 1 aliphatic carbocycles. The molecule has 2 N–H and O–H groups in total. The lowest BCUT2D eigenvalue weighted by atomic mass is 9.85. The smallest absolute Gasteiger partial charge is 0.163 e. The van der Waals surface area contributed by atoms with Gasteiger partial charge in [0.25, 0.3) is 0 Å². The van der Waals surface area contributed by atoms with Crippen molar-refractivity contribution in [2.75, 3.05) is 27.1 Å². The highest BCUT2D eigenvalue weighted by Crippen LogP contribution is 2.41. The van der Waals surface area contributed by atoms with Gasteiger partial charge in [-0.1, -0.05) is 12.1 Å². The maximum absolute atomic E-state index is 6.29. The lowest BCUT2D eigenvalue weighted by Crippen LogP contribution is -2.07. The number of rotatable bonds is 4. The molecule has 2 aromatic rings. The fraction of sp³-hybridized carbons (Fsp3) is 0.300. The Kier molecular flexibility index (Phi) is 4.38. The first kappa shape index (κ1) is 16.2. The van der Waals surface area contributed by atoms with E-state index in [1.807, 2.05) is 19.1 Å². The number of hydrogen-bond acceptors (Lipinski definition) is 4. The highest BCUT2D eigenvalue weighted by molar-refractivity contribution is 5.87. The van der Waals surface area contributed by atoms with E-state index < -0.39 is 0 Å². The van der Waals surface area contributed by atoms with Crippen molar-refractivity contribution in [3.05, 3.63) is 52.6 Å². The van der Waals surface area contributed by atoms with Crippen LogP contribution >= 0.6 is 0 Å². The Hall–Kier alpha value is -2.62. The minimum atomic E-state index is 0.734. The van der Waals surface area contributed by atoms with E-state index in [9.17, 15) is 0 Å². The number of hydrogen-bond donors (Lipinski definition) is 1. The Morgan fingerprint density at radius 2 is 1.71 bits per heavy atom. The van der Waals surface area contributed by atoms with E-state index in [-0.39, 0.29) is 0 Å². The summed E-state index contributed by atoms with van der Waals surface area (Å²) in [6, 6.07) is 8.17. The molecule has 126 valence electrons. The quantitative estimate of drug-likeness (QED) is 0.864. The van der Waals surface area contributed by atoms with Gasteiger partial charge in [-0.15, -0.1) is 0 Å². The molecule has 0 amide bonds. The van der Waals surface area contributed by atoms with E-state index in [2.05, 4.69) is 18.2 Å². The lowest BCUT2D eigenvalue weighted by molar-refractivity contribution is 0.353. The van der Waals surface area contributed by atoms with Crippen molar-refractivity contribution in [2.24, 2.45) is 0 Å². The molecule has 0 spiro atoms. The summed E-state index contributed by atoms with van der Waals surface area (Å²) in [6.07, 6.45) is 4.14. The van der Waals surface area contributed by atoms with Crippen LogP contribution in [0.3, 0.4) is 0 Å². The van der Waals surface area contributed by atoms with E-state index in [4.69, 9.17) is 19.9 Å². The van der Waals surface area contributed by atoms with Crippen molar-refractivity contribution in [1.29, 1.82) is 0 Å². The summed E-state index contributed by atoms with van der Waals surface area (Å²) in [6.45, 7) is 2.03. The molecule has 0 aromatic heterocycles. The van der Waals surface area contributed by atoms with Gasteiger partial charge in [-0.25, -0.2) is 0 Å². The lowest BCUT2D eigenvalue weighted by Gasteiger charge is -2.22. The number of allylic oxidation sites excluding steroid dienone is 1. The van der Waals surface area contributed by atoms with E-state index in [0.29, 0.717) is 0 Å². The molecule has 0 heterocycles. The molecule has 24 heavy (non-hydrogen) atoms. The molecule has 0 radical (unpaired) electrons. The molecule has 0 unspecified atom stereocenters. The largest absolute Gasteiger partial charge is 0.495 e. The van der Waals surface area contributed by atoms with Crippen molar-refractivity contribution in [1.82, 2.24) is 0 Å². The summed E-state index contributed by atoms with van der Waals surface area (Å²) in [5.41, 5.74) is 12.7. The first-order chi connectivity index (χ1) is 11.6. The van der Waals surface area contributed by atoms with Crippen LogP contribution in [-0.4, -0.2) is 21.3 Å². The van der Waals surface area contributed by atoms with Crippen molar-refractivity contribution in [3.8, 4) is 17.2 Å². The number of ether oxygens (including phenoxy) is 3. The zero-order valence-corrected chi connectivity index (χ0v) is 14.6. The second-order valence-electron chi connectivity index (χ2n) is 5.89. The van der Waals surface area contributed by atoms with E-state index in [0.717, 1.165) is 58.0 Å². The second-order valence-corrected chi connectivity index (χ2v) is 5.89. The average molecular weight is 325 g/mol. The fourth-order valence-electron chi connectivity index (χ4n) is 3.40. The van der Waals surface area contributed by atoms with Crippen molar-refractivity contribution in [3.63, 3.8) is 0 Å². The monoisotopic (exact) mass is 325 g/mol. The number of methoxy groups -OCH3 is 3. The number of anilines is 1. The minimum Gasteiger partial charge on any atom is -0.495 e. The molecule has 2 aromatic carbocycles. The minimum absolute atomic E-state index is 0.734.